The zero-order valence-electron chi connectivity index (χ0n) is 11.2. The number of aliphatic hydroxyl groups is 1. The third-order valence-corrected chi connectivity index (χ3v) is 2.97. The molecule has 2 rings (SSSR count). The first kappa shape index (κ1) is 13.7. The average molecular weight is 260 g/mol. The van der Waals surface area contributed by atoms with E-state index in [2.05, 4.69) is 6.92 Å². The van der Waals surface area contributed by atoms with E-state index in [4.69, 9.17) is 9.15 Å². The summed E-state index contributed by atoms with van der Waals surface area (Å²) in [5.74, 6) is 1.45. The highest BCUT2D eigenvalue weighted by Crippen LogP contribution is 2.21. The van der Waals surface area contributed by atoms with Crippen molar-refractivity contribution < 1.29 is 14.3 Å². The van der Waals surface area contributed by atoms with E-state index in [1.54, 1.807) is 18.4 Å². The summed E-state index contributed by atoms with van der Waals surface area (Å²) >= 11 is 0. The van der Waals surface area contributed by atoms with Crippen LogP contribution in [0.4, 0.5) is 0 Å². The van der Waals surface area contributed by atoms with E-state index >= 15 is 0 Å². The predicted molar refractivity (Wildman–Crippen MR) is 74.2 cm³/mol. The van der Waals surface area contributed by atoms with Gasteiger partial charge < -0.3 is 14.3 Å². The quantitative estimate of drug-likeness (QED) is 0.771. The Hall–Kier alpha value is -1.74. The lowest BCUT2D eigenvalue weighted by Gasteiger charge is -2.10. The second kappa shape index (κ2) is 7.00. The number of ether oxygens (including phenoxy) is 1. The van der Waals surface area contributed by atoms with Crippen molar-refractivity contribution in [1.82, 2.24) is 0 Å². The fraction of sp³-hybridized carbons (Fsp3) is 0.375. The van der Waals surface area contributed by atoms with Crippen LogP contribution < -0.4 is 4.74 Å². The summed E-state index contributed by atoms with van der Waals surface area (Å²) < 4.78 is 10.9. The smallest absolute Gasteiger partial charge is 0.132 e. The molecule has 0 spiro atoms. The van der Waals surface area contributed by atoms with E-state index in [0.29, 0.717) is 12.2 Å². The molecule has 3 heteroatoms. The maximum atomic E-state index is 10.0. The van der Waals surface area contributed by atoms with Crippen LogP contribution in [-0.2, 0) is 6.42 Å². The largest absolute Gasteiger partial charge is 0.494 e. The third-order valence-electron chi connectivity index (χ3n) is 2.97. The van der Waals surface area contributed by atoms with Crippen LogP contribution in [0.2, 0.25) is 0 Å². The van der Waals surface area contributed by atoms with E-state index in [1.807, 2.05) is 24.3 Å². The minimum atomic E-state index is -0.610. The molecule has 102 valence electrons. The molecule has 0 aliphatic carbocycles. The van der Waals surface area contributed by atoms with Crippen molar-refractivity contribution in [3.8, 4) is 5.75 Å². The van der Waals surface area contributed by atoms with Crippen molar-refractivity contribution in [2.24, 2.45) is 0 Å². The van der Waals surface area contributed by atoms with Crippen molar-refractivity contribution >= 4 is 0 Å². The van der Waals surface area contributed by atoms with E-state index in [-0.39, 0.29) is 0 Å². The summed E-state index contributed by atoms with van der Waals surface area (Å²) in [5, 5.41) is 10.0. The lowest BCUT2D eigenvalue weighted by molar-refractivity contribution is 0.150. The van der Waals surface area contributed by atoms with Gasteiger partial charge in [0.1, 0.15) is 17.6 Å². The summed E-state index contributed by atoms with van der Waals surface area (Å²) in [6, 6.07) is 11.4. The molecule has 1 unspecified atom stereocenters. The van der Waals surface area contributed by atoms with Crippen LogP contribution in [0.5, 0.6) is 5.75 Å². The second-order valence-corrected chi connectivity index (χ2v) is 4.58. The van der Waals surface area contributed by atoms with Gasteiger partial charge in [-0.05, 0) is 36.2 Å². The molecule has 19 heavy (non-hydrogen) atoms. The van der Waals surface area contributed by atoms with Crippen LogP contribution in [0.1, 0.15) is 37.2 Å². The molecule has 1 atom stereocenters. The van der Waals surface area contributed by atoms with Gasteiger partial charge in [0.15, 0.2) is 0 Å². The van der Waals surface area contributed by atoms with Gasteiger partial charge in [-0.3, -0.25) is 0 Å². The Kier molecular flexibility index (Phi) is 5.04. The van der Waals surface area contributed by atoms with E-state index in [9.17, 15) is 5.11 Å². The highest BCUT2D eigenvalue weighted by Gasteiger charge is 2.11. The number of aliphatic hydroxyl groups excluding tert-OH is 1. The van der Waals surface area contributed by atoms with Gasteiger partial charge in [0.05, 0.1) is 12.9 Å². The molecule has 0 aliphatic heterocycles. The van der Waals surface area contributed by atoms with Crippen molar-refractivity contribution in [3.05, 3.63) is 54.0 Å². The number of rotatable bonds is 7. The van der Waals surface area contributed by atoms with Gasteiger partial charge in [0.25, 0.3) is 0 Å². The van der Waals surface area contributed by atoms with Crippen LogP contribution in [0.15, 0.2) is 47.1 Å². The molecule has 1 aromatic heterocycles. The van der Waals surface area contributed by atoms with Gasteiger partial charge in [0, 0.05) is 6.42 Å². The zero-order chi connectivity index (χ0) is 13.5. The van der Waals surface area contributed by atoms with Crippen molar-refractivity contribution in [3.63, 3.8) is 0 Å². The Bertz CT molecular complexity index is 476. The van der Waals surface area contributed by atoms with Crippen molar-refractivity contribution in [2.75, 3.05) is 6.61 Å². The van der Waals surface area contributed by atoms with Crippen LogP contribution in [0.25, 0.3) is 0 Å². The SMILES string of the molecule is CCCCOc1cccc(CC(O)c2ccco2)c1. The average Bonchev–Trinajstić information content (AvgIpc) is 2.93. The molecule has 0 radical (unpaired) electrons. The lowest BCUT2D eigenvalue weighted by atomic mass is 10.1. The zero-order valence-corrected chi connectivity index (χ0v) is 11.2. The summed E-state index contributed by atoms with van der Waals surface area (Å²) in [4.78, 5) is 0. The van der Waals surface area contributed by atoms with Crippen LogP contribution in [0, 0.1) is 0 Å². The highest BCUT2D eigenvalue weighted by molar-refractivity contribution is 5.29. The predicted octanol–water partition coefficient (Wildman–Crippen LogP) is 3.73. The van der Waals surface area contributed by atoms with Gasteiger partial charge >= 0.3 is 0 Å². The van der Waals surface area contributed by atoms with Gasteiger partial charge in [-0.25, -0.2) is 0 Å². The van der Waals surface area contributed by atoms with Gasteiger partial charge in [0.2, 0.25) is 0 Å². The maximum absolute atomic E-state index is 10.0. The Labute approximate surface area is 113 Å². The molecule has 0 amide bonds. The third kappa shape index (κ3) is 4.14. The topological polar surface area (TPSA) is 42.6 Å². The van der Waals surface area contributed by atoms with Crippen LogP contribution in [0.3, 0.4) is 0 Å². The Morgan fingerprint density at radius 2 is 2.16 bits per heavy atom. The molecule has 1 heterocycles. The molecule has 2 aromatic rings. The summed E-state index contributed by atoms with van der Waals surface area (Å²) in [7, 11) is 0. The Balaban J connectivity index is 1.95. The first-order chi connectivity index (χ1) is 9.29. The monoisotopic (exact) mass is 260 g/mol. The second-order valence-electron chi connectivity index (χ2n) is 4.58. The molecule has 0 aliphatic rings. The minimum absolute atomic E-state index is 0.526. The van der Waals surface area contributed by atoms with Gasteiger partial charge in [-0.15, -0.1) is 0 Å². The van der Waals surface area contributed by atoms with Crippen molar-refractivity contribution in [2.45, 2.75) is 32.3 Å². The summed E-state index contributed by atoms with van der Waals surface area (Å²) in [6.45, 7) is 2.88. The van der Waals surface area contributed by atoms with Gasteiger partial charge in [-0.1, -0.05) is 25.5 Å². The standard InChI is InChI=1S/C16H20O3/c1-2-3-9-18-14-7-4-6-13(11-14)12-15(17)16-8-5-10-19-16/h4-8,10-11,15,17H,2-3,9,12H2,1H3. The number of hydrogen-bond donors (Lipinski definition) is 1. The van der Waals surface area contributed by atoms with E-state index in [1.165, 1.54) is 0 Å². The Morgan fingerprint density at radius 1 is 1.26 bits per heavy atom. The van der Waals surface area contributed by atoms with E-state index < -0.39 is 6.10 Å². The molecular weight excluding hydrogens is 240 g/mol. The van der Waals surface area contributed by atoms with Crippen LogP contribution >= 0.6 is 0 Å². The molecular formula is C16H20O3. The first-order valence-corrected chi connectivity index (χ1v) is 6.73. The molecule has 1 aromatic carbocycles. The summed E-state index contributed by atoms with van der Waals surface area (Å²) in [6.07, 6.45) is 3.66. The number of hydrogen-bond acceptors (Lipinski definition) is 3. The minimum Gasteiger partial charge on any atom is -0.494 e. The fourth-order valence-electron chi connectivity index (χ4n) is 1.90. The maximum Gasteiger partial charge on any atom is 0.132 e. The summed E-state index contributed by atoms with van der Waals surface area (Å²) in [5.41, 5.74) is 1.04. The molecule has 0 saturated heterocycles. The lowest BCUT2D eigenvalue weighted by Crippen LogP contribution is -2.01. The molecule has 0 bridgehead atoms. The number of furan rings is 1. The van der Waals surface area contributed by atoms with E-state index in [0.717, 1.165) is 30.8 Å². The highest BCUT2D eigenvalue weighted by atomic mass is 16.5. The molecule has 0 saturated carbocycles. The number of unbranched alkanes of at least 4 members (excludes halogenated alkanes) is 1. The normalized spacial score (nSPS) is 12.3. The van der Waals surface area contributed by atoms with Crippen molar-refractivity contribution in [1.29, 1.82) is 0 Å². The molecule has 1 N–H and O–H groups in total. The van der Waals surface area contributed by atoms with Gasteiger partial charge in [-0.2, -0.15) is 0 Å². The Morgan fingerprint density at radius 3 is 2.89 bits per heavy atom. The first-order valence-electron chi connectivity index (χ1n) is 6.73. The van der Waals surface area contributed by atoms with Crippen LogP contribution in [-0.4, -0.2) is 11.7 Å². The fourth-order valence-corrected chi connectivity index (χ4v) is 1.90. The molecule has 0 fully saturated rings. The number of benzene rings is 1. The molecule has 3 nitrogen and oxygen atoms in total.